The van der Waals surface area contributed by atoms with Gasteiger partial charge in [0.05, 0.1) is 10.5 Å². The Hall–Kier alpha value is -0.910. The van der Waals surface area contributed by atoms with Gasteiger partial charge in [0.15, 0.2) is 0 Å². The Morgan fingerprint density at radius 2 is 1.58 bits per heavy atom. The molecule has 1 aromatic rings. The van der Waals surface area contributed by atoms with Crippen molar-refractivity contribution in [2.24, 2.45) is 0 Å². The summed E-state index contributed by atoms with van der Waals surface area (Å²) in [5, 5.41) is 9.87. The summed E-state index contributed by atoms with van der Waals surface area (Å²) in [7, 11) is -3.37. The Balaban J connectivity index is 2.26. The molecule has 106 valence electrons. The van der Waals surface area contributed by atoms with Gasteiger partial charge in [-0.3, -0.25) is 0 Å². The molecule has 2 rings (SSSR count). The van der Waals surface area contributed by atoms with E-state index in [-0.39, 0.29) is 0 Å². The summed E-state index contributed by atoms with van der Waals surface area (Å²) in [6, 6.07) is 6.52. The maximum atomic E-state index is 12.4. The molecule has 0 unspecified atom stereocenters. The molecule has 1 N–H and O–H groups in total. The zero-order valence-electron chi connectivity index (χ0n) is 11.5. The second-order valence-corrected chi connectivity index (χ2v) is 7.49. The maximum absolute atomic E-state index is 12.4. The Kier molecular flexibility index (Phi) is 3.99. The molecule has 0 aliphatic carbocycles. The van der Waals surface area contributed by atoms with Crippen molar-refractivity contribution in [1.82, 2.24) is 4.31 Å². The number of hydrogen-bond acceptors (Lipinski definition) is 3. The molecule has 0 spiro atoms. The molecule has 19 heavy (non-hydrogen) atoms. The van der Waals surface area contributed by atoms with Crippen molar-refractivity contribution in [3.05, 3.63) is 29.8 Å². The molecular formula is C14H21NO3S. The first-order valence-electron chi connectivity index (χ1n) is 6.65. The molecule has 1 saturated heterocycles. The van der Waals surface area contributed by atoms with Crippen LogP contribution in [0.15, 0.2) is 29.2 Å². The van der Waals surface area contributed by atoms with Gasteiger partial charge in [-0.2, -0.15) is 4.31 Å². The second kappa shape index (κ2) is 5.23. The molecule has 0 bridgehead atoms. The number of rotatable bonds is 3. The smallest absolute Gasteiger partial charge is 0.243 e. The minimum absolute atomic E-state index is 0.308. The van der Waals surface area contributed by atoms with Gasteiger partial charge in [0, 0.05) is 13.1 Å². The highest BCUT2D eigenvalue weighted by Crippen LogP contribution is 2.24. The SMILES string of the molecule is CC(C)(O)c1ccc(S(=O)(=O)N2CCCCC2)cc1. The molecule has 1 aliphatic heterocycles. The first-order chi connectivity index (χ1) is 8.82. The average molecular weight is 283 g/mol. The van der Waals surface area contributed by atoms with Crippen molar-refractivity contribution < 1.29 is 13.5 Å². The largest absolute Gasteiger partial charge is 0.386 e. The van der Waals surface area contributed by atoms with Gasteiger partial charge in [-0.15, -0.1) is 0 Å². The fourth-order valence-corrected chi connectivity index (χ4v) is 3.81. The summed E-state index contributed by atoms with van der Waals surface area (Å²) in [4.78, 5) is 0.308. The van der Waals surface area contributed by atoms with Gasteiger partial charge >= 0.3 is 0 Å². The molecule has 0 saturated carbocycles. The number of piperidine rings is 1. The van der Waals surface area contributed by atoms with Crippen LogP contribution in [0.2, 0.25) is 0 Å². The second-order valence-electron chi connectivity index (χ2n) is 5.55. The monoisotopic (exact) mass is 283 g/mol. The molecule has 4 nitrogen and oxygen atoms in total. The van der Waals surface area contributed by atoms with E-state index in [1.807, 2.05) is 0 Å². The van der Waals surface area contributed by atoms with Gasteiger partial charge < -0.3 is 5.11 Å². The molecular weight excluding hydrogens is 262 g/mol. The lowest BCUT2D eigenvalue weighted by Crippen LogP contribution is -2.35. The first-order valence-corrected chi connectivity index (χ1v) is 8.09. The Morgan fingerprint density at radius 3 is 2.05 bits per heavy atom. The molecule has 1 aliphatic rings. The zero-order valence-corrected chi connectivity index (χ0v) is 12.3. The molecule has 0 amide bonds. The predicted octanol–water partition coefficient (Wildman–Crippen LogP) is 2.09. The van der Waals surface area contributed by atoms with E-state index < -0.39 is 15.6 Å². The number of hydrogen-bond donors (Lipinski definition) is 1. The standard InChI is InChI=1S/C14H21NO3S/c1-14(2,16)12-6-8-13(9-7-12)19(17,18)15-10-4-3-5-11-15/h6-9,16H,3-5,10-11H2,1-2H3. The van der Waals surface area contributed by atoms with Gasteiger partial charge in [0.25, 0.3) is 0 Å². The number of aliphatic hydroxyl groups is 1. The van der Waals surface area contributed by atoms with Crippen LogP contribution in [0.25, 0.3) is 0 Å². The summed E-state index contributed by atoms with van der Waals surface area (Å²) in [6.07, 6.45) is 2.96. The molecule has 0 atom stereocenters. The fraction of sp³-hybridized carbons (Fsp3) is 0.571. The normalized spacial score (nSPS) is 18.5. The van der Waals surface area contributed by atoms with Gasteiger partial charge in [0.1, 0.15) is 0 Å². The van der Waals surface area contributed by atoms with Gasteiger partial charge in [-0.05, 0) is 44.4 Å². The van der Waals surface area contributed by atoms with Crippen molar-refractivity contribution in [2.75, 3.05) is 13.1 Å². The highest BCUT2D eigenvalue weighted by atomic mass is 32.2. The van der Waals surface area contributed by atoms with Crippen LogP contribution in [-0.4, -0.2) is 30.9 Å². The van der Waals surface area contributed by atoms with Crippen LogP contribution in [0.3, 0.4) is 0 Å². The zero-order chi connectivity index (χ0) is 14.1. The third-order valence-corrected chi connectivity index (χ3v) is 5.43. The number of nitrogens with zero attached hydrogens (tertiary/aromatic N) is 1. The van der Waals surface area contributed by atoms with Crippen molar-refractivity contribution >= 4 is 10.0 Å². The quantitative estimate of drug-likeness (QED) is 0.924. The summed E-state index contributed by atoms with van der Waals surface area (Å²) in [5.41, 5.74) is -0.238. The summed E-state index contributed by atoms with van der Waals surface area (Å²) < 4.78 is 26.4. The van der Waals surface area contributed by atoms with Crippen LogP contribution in [-0.2, 0) is 15.6 Å². The third kappa shape index (κ3) is 3.16. The van der Waals surface area contributed by atoms with E-state index in [0.717, 1.165) is 19.3 Å². The molecule has 0 radical (unpaired) electrons. The lowest BCUT2D eigenvalue weighted by atomic mass is 9.99. The molecule has 5 heteroatoms. The summed E-state index contributed by atoms with van der Waals surface area (Å²) in [6.45, 7) is 4.58. The van der Waals surface area contributed by atoms with E-state index in [0.29, 0.717) is 23.5 Å². The highest BCUT2D eigenvalue weighted by Gasteiger charge is 2.26. The predicted molar refractivity (Wildman–Crippen MR) is 74.3 cm³/mol. The molecule has 0 aromatic heterocycles. The Bertz CT molecular complexity index is 523. The van der Waals surface area contributed by atoms with Gasteiger partial charge in [-0.25, -0.2) is 8.42 Å². The lowest BCUT2D eigenvalue weighted by molar-refractivity contribution is 0.0785. The molecule has 1 aromatic carbocycles. The molecule has 1 heterocycles. The number of benzene rings is 1. The van der Waals surface area contributed by atoms with Crippen LogP contribution < -0.4 is 0 Å². The Labute approximate surface area is 115 Å². The van der Waals surface area contributed by atoms with Crippen LogP contribution in [0.4, 0.5) is 0 Å². The van der Waals surface area contributed by atoms with Crippen molar-refractivity contribution in [1.29, 1.82) is 0 Å². The van der Waals surface area contributed by atoms with E-state index >= 15 is 0 Å². The topological polar surface area (TPSA) is 57.6 Å². The minimum Gasteiger partial charge on any atom is -0.386 e. The van der Waals surface area contributed by atoms with Crippen LogP contribution in [0, 0.1) is 0 Å². The van der Waals surface area contributed by atoms with E-state index in [9.17, 15) is 13.5 Å². The van der Waals surface area contributed by atoms with Crippen LogP contribution in [0.5, 0.6) is 0 Å². The van der Waals surface area contributed by atoms with Gasteiger partial charge in [-0.1, -0.05) is 18.6 Å². The summed E-state index contributed by atoms with van der Waals surface area (Å²) >= 11 is 0. The van der Waals surface area contributed by atoms with Crippen molar-refractivity contribution in [2.45, 2.75) is 43.6 Å². The first kappa shape index (κ1) is 14.5. The van der Waals surface area contributed by atoms with Crippen LogP contribution >= 0.6 is 0 Å². The Morgan fingerprint density at radius 1 is 1.05 bits per heavy atom. The average Bonchev–Trinajstić information content (AvgIpc) is 2.39. The number of sulfonamides is 1. The maximum Gasteiger partial charge on any atom is 0.243 e. The van der Waals surface area contributed by atoms with Crippen LogP contribution in [0.1, 0.15) is 38.7 Å². The third-order valence-electron chi connectivity index (χ3n) is 3.51. The summed E-state index contributed by atoms with van der Waals surface area (Å²) in [5.74, 6) is 0. The lowest BCUT2D eigenvalue weighted by Gasteiger charge is -2.26. The van der Waals surface area contributed by atoms with Gasteiger partial charge in [0.2, 0.25) is 10.0 Å². The minimum atomic E-state index is -3.37. The van der Waals surface area contributed by atoms with Crippen molar-refractivity contribution in [3.8, 4) is 0 Å². The van der Waals surface area contributed by atoms with E-state index in [1.54, 1.807) is 42.4 Å². The van der Waals surface area contributed by atoms with Crippen molar-refractivity contribution in [3.63, 3.8) is 0 Å². The highest BCUT2D eigenvalue weighted by molar-refractivity contribution is 7.89. The van der Waals surface area contributed by atoms with E-state index in [1.165, 1.54) is 0 Å². The molecule has 1 fully saturated rings. The fourth-order valence-electron chi connectivity index (χ4n) is 2.29. The van der Waals surface area contributed by atoms with E-state index in [4.69, 9.17) is 0 Å². The van der Waals surface area contributed by atoms with E-state index in [2.05, 4.69) is 0 Å².